The summed E-state index contributed by atoms with van der Waals surface area (Å²) in [5.74, 6) is 0.00370. The molecule has 0 aliphatic rings. The van der Waals surface area contributed by atoms with E-state index in [0.29, 0.717) is 0 Å². The van der Waals surface area contributed by atoms with E-state index in [9.17, 15) is 13.2 Å². The first-order chi connectivity index (χ1) is 13.3. The van der Waals surface area contributed by atoms with Crippen LogP contribution in [-0.4, -0.2) is 24.5 Å². The van der Waals surface area contributed by atoms with E-state index in [1.54, 1.807) is 19.1 Å². The van der Waals surface area contributed by atoms with Gasteiger partial charge in [-0.2, -0.15) is 0 Å². The van der Waals surface area contributed by atoms with Gasteiger partial charge in [0.1, 0.15) is 0 Å². The molecular weight excluding hydrogens is 380 g/mol. The highest BCUT2D eigenvalue weighted by Crippen LogP contribution is 2.28. The summed E-state index contributed by atoms with van der Waals surface area (Å²) < 4.78 is 29.3. The number of aryl methyl sites for hydroxylation is 1. The summed E-state index contributed by atoms with van der Waals surface area (Å²) in [6.45, 7) is 5.32. The smallest absolute Gasteiger partial charge is 0.249 e. The number of amides is 1. The highest BCUT2D eigenvalue weighted by atomic mass is 32.2. The van der Waals surface area contributed by atoms with Crippen molar-refractivity contribution in [2.45, 2.75) is 18.2 Å². The summed E-state index contributed by atoms with van der Waals surface area (Å²) in [5, 5.41) is 15.5. The van der Waals surface area contributed by atoms with Gasteiger partial charge < -0.3 is 9.73 Å². The SMILES string of the molecule is C=Cc1ccccc1CC(=O)Nc1ccc(-c2nnc(C)o2)c(S(N)(=O)=O)c1. The second-order valence-corrected chi connectivity index (χ2v) is 7.54. The fourth-order valence-corrected chi connectivity index (χ4v) is 3.44. The topological polar surface area (TPSA) is 128 Å². The van der Waals surface area contributed by atoms with Crippen molar-refractivity contribution < 1.29 is 17.6 Å². The molecule has 1 amide bonds. The third kappa shape index (κ3) is 4.33. The lowest BCUT2D eigenvalue weighted by atomic mass is 10.0. The zero-order chi connectivity index (χ0) is 20.3. The first-order valence-corrected chi connectivity index (χ1v) is 9.80. The Hall–Kier alpha value is -3.30. The molecule has 28 heavy (non-hydrogen) atoms. The molecule has 0 aliphatic heterocycles. The van der Waals surface area contributed by atoms with E-state index in [2.05, 4.69) is 22.1 Å². The molecule has 0 bridgehead atoms. The van der Waals surface area contributed by atoms with Crippen molar-refractivity contribution >= 4 is 27.7 Å². The van der Waals surface area contributed by atoms with E-state index in [0.717, 1.165) is 11.1 Å². The van der Waals surface area contributed by atoms with E-state index >= 15 is 0 Å². The van der Waals surface area contributed by atoms with E-state index in [-0.39, 0.29) is 40.3 Å². The van der Waals surface area contributed by atoms with Crippen LogP contribution in [0.25, 0.3) is 17.5 Å². The molecule has 9 heteroatoms. The number of carbonyl (C=O) groups is 1. The monoisotopic (exact) mass is 398 g/mol. The number of rotatable bonds is 6. The quantitative estimate of drug-likeness (QED) is 0.656. The van der Waals surface area contributed by atoms with Crippen LogP contribution >= 0.6 is 0 Å². The summed E-state index contributed by atoms with van der Waals surface area (Å²) in [6.07, 6.45) is 1.78. The third-order valence-corrected chi connectivity index (χ3v) is 4.91. The molecule has 144 valence electrons. The predicted octanol–water partition coefficient (Wildman–Crippen LogP) is 2.52. The Labute approximate surface area is 162 Å². The molecule has 2 aromatic carbocycles. The molecule has 0 fully saturated rings. The summed E-state index contributed by atoms with van der Waals surface area (Å²) in [4.78, 5) is 12.2. The van der Waals surface area contributed by atoms with Crippen LogP contribution in [0, 0.1) is 6.92 Å². The highest BCUT2D eigenvalue weighted by molar-refractivity contribution is 7.89. The van der Waals surface area contributed by atoms with E-state index in [1.807, 2.05) is 24.3 Å². The molecular formula is C19H18N4O4S. The highest BCUT2D eigenvalue weighted by Gasteiger charge is 2.20. The van der Waals surface area contributed by atoms with Crippen molar-refractivity contribution in [3.8, 4) is 11.5 Å². The van der Waals surface area contributed by atoms with Crippen molar-refractivity contribution in [2.24, 2.45) is 5.14 Å². The first-order valence-electron chi connectivity index (χ1n) is 8.25. The molecule has 0 saturated carbocycles. The lowest BCUT2D eigenvalue weighted by molar-refractivity contribution is -0.115. The van der Waals surface area contributed by atoms with Crippen molar-refractivity contribution in [1.29, 1.82) is 0 Å². The van der Waals surface area contributed by atoms with Gasteiger partial charge in [-0.1, -0.05) is 36.9 Å². The number of benzene rings is 2. The number of primary sulfonamides is 1. The summed E-state index contributed by atoms with van der Waals surface area (Å²) in [6, 6.07) is 11.6. The number of carbonyl (C=O) groups excluding carboxylic acids is 1. The van der Waals surface area contributed by atoms with Crippen molar-refractivity contribution in [3.63, 3.8) is 0 Å². The minimum absolute atomic E-state index is 0.0271. The van der Waals surface area contributed by atoms with Crippen LogP contribution in [0.5, 0.6) is 0 Å². The van der Waals surface area contributed by atoms with Crippen LogP contribution in [-0.2, 0) is 21.2 Å². The lowest BCUT2D eigenvalue weighted by Crippen LogP contribution is -2.17. The van der Waals surface area contributed by atoms with Gasteiger partial charge >= 0.3 is 0 Å². The van der Waals surface area contributed by atoms with Gasteiger partial charge in [0.15, 0.2) is 0 Å². The average molecular weight is 398 g/mol. The number of nitrogens with one attached hydrogen (secondary N) is 1. The Morgan fingerprint density at radius 1 is 1.25 bits per heavy atom. The van der Waals surface area contributed by atoms with Gasteiger partial charge in [-0.15, -0.1) is 10.2 Å². The van der Waals surface area contributed by atoms with Gasteiger partial charge in [0, 0.05) is 12.6 Å². The first kappa shape index (κ1) is 19.5. The Balaban J connectivity index is 1.89. The van der Waals surface area contributed by atoms with Crippen LogP contribution in [0.1, 0.15) is 17.0 Å². The zero-order valence-electron chi connectivity index (χ0n) is 15.0. The summed E-state index contributed by atoms with van der Waals surface area (Å²) >= 11 is 0. The molecule has 8 nitrogen and oxygen atoms in total. The Bertz CT molecular complexity index is 1150. The van der Waals surface area contributed by atoms with Gasteiger partial charge in [0.05, 0.1) is 16.9 Å². The van der Waals surface area contributed by atoms with Crippen LogP contribution in [0.15, 0.2) is 58.4 Å². The van der Waals surface area contributed by atoms with Crippen molar-refractivity contribution in [2.75, 3.05) is 5.32 Å². The van der Waals surface area contributed by atoms with E-state index < -0.39 is 10.0 Å². The molecule has 0 spiro atoms. The van der Waals surface area contributed by atoms with Crippen LogP contribution in [0.3, 0.4) is 0 Å². The molecule has 1 aromatic heterocycles. The number of nitrogens with zero attached hydrogens (tertiary/aromatic N) is 2. The lowest BCUT2D eigenvalue weighted by Gasteiger charge is -2.10. The molecule has 3 rings (SSSR count). The number of hydrogen-bond acceptors (Lipinski definition) is 6. The maximum absolute atomic E-state index is 12.4. The van der Waals surface area contributed by atoms with Gasteiger partial charge in [-0.05, 0) is 29.3 Å². The number of sulfonamides is 1. The Kier molecular flexibility index (Phi) is 5.39. The minimum atomic E-state index is -4.09. The van der Waals surface area contributed by atoms with Crippen LogP contribution < -0.4 is 10.5 Å². The molecule has 0 unspecified atom stereocenters. The van der Waals surface area contributed by atoms with E-state index in [1.165, 1.54) is 12.1 Å². The number of hydrogen-bond donors (Lipinski definition) is 2. The van der Waals surface area contributed by atoms with Gasteiger partial charge in [0.2, 0.25) is 27.7 Å². The number of nitrogens with two attached hydrogens (primary N) is 1. The summed E-state index contributed by atoms with van der Waals surface area (Å²) in [5.41, 5.74) is 2.10. The minimum Gasteiger partial charge on any atom is -0.421 e. The molecule has 0 saturated heterocycles. The van der Waals surface area contributed by atoms with Gasteiger partial charge in [-0.3, -0.25) is 4.79 Å². The van der Waals surface area contributed by atoms with Gasteiger partial charge in [-0.25, -0.2) is 13.6 Å². The van der Waals surface area contributed by atoms with Crippen molar-refractivity contribution in [1.82, 2.24) is 10.2 Å². The summed E-state index contributed by atoms with van der Waals surface area (Å²) in [7, 11) is -4.09. The molecule has 3 N–H and O–H groups in total. The fourth-order valence-electron chi connectivity index (χ4n) is 2.69. The molecule has 0 radical (unpaired) electrons. The standard InChI is InChI=1S/C19H18N4O4S/c1-3-13-6-4-5-7-14(13)10-18(24)21-15-8-9-16(17(11-15)28(20,25)26)19-23-22-12(2)27-19/h3-9,11H,1,10H2,2H3,(H,21,24)(H2,20,25,26). The fraction of sp³-hybridized carbons (Fsp3) is 0.105. The Morgan fingerprint density at radius 2 is 2.00 bits per heavy atom. The van der Waals surface area contributed by atoms with E-state index in [4.69, 9.17) is 9.56 Å². The zero-order valence-corrected chi connectivity index (χ0v) is 15.9. The number of aromatic nitrogens is 2. The molecule has 0 atom stereocenters. The molecule has 1 heterocycles. The van der Waals surface area contributed by atoms with Gasteiger partial charge in [0.25, 0.3) is 0 Å². The Morgan fingerprint density at radius 3 is 2.64 bits per heavy atom. The maximum atomic E-state index is 12.4. The predicted molar refractivity (Wildman–Crippen MR) is 105 cm³/mol. The second-order valence-electron chi connectivity index (χ2n) is 6.01. The van der Waals surface area contributed by atoms with Crippen molar-refractivity contribution in [3.05, 3.63) is 66.1 Å². The molecule has 0 aliphatic carbocycles. The van der Waals surface area contributed by atoms with Crippen LogP contribution in [0.2, 0.25) is 0 Å². The maximum Gasteiger partial charge on any atom is 0.249 e. The number of anilines is 1. The molecule has 3 aromatic rings. The third-order valence-electron chi connectivity index (χ3n) is 3.95. The largest absolute Gasteiger partial charge is 0.421 e. The average Bonchev–Trinajstić information content (AvgIpc) is 3.07. The normalized spacial score (nSPS) is 11.2. The van der Waals surface area contributed by atoms with Crippen LogP contribution in [0.4, 0.5) is 5.69 Å². The second kappa shape index (κ2) is 7.75.